The van der Waals surface area contributed by atoms with Crippen molar-refractivity contribution in [3.05, 3.63) is 0 Å². The molecule has 1 fully saturated rings. The van der Waals surface area contributed by atoms with Gasteiger partial charge in [-0.05, 0) is 30.1 Å². The summed E-state index contributed by atoms with van der Waals surface area (Å²) in [6.45, 7) is 1.95. The van der Waals surface area contributed by atoms with Crippen LogP contribution in [-0.2, 0) is 10.2 Å². The molecule has 1 aliphatic heterocycles. The highest BCUT2D eigenvalue weighted by Gasteiger charge is 2.21. The molecule has 0 aromatic rings. The summed E-state index contributed by atoms with van der Waals surface area (Å²) >= 11 is 2.35. The lowest BCUT2D eigenvalue weighted by Gasteiger charge is -2.20. The first kappa shape index (κ1) is 15.7. The molecule has 17 heavy (non-hydrogen) atoms. The smallest absolute Gasteiger partial charge is 0.202 e. The number of halogens is 1. The molecule has 1 heterocycles. The fourth-order valence-corrected chi connectivity index (χ4v) is 3.83. The molecule has 0 atom stereocenters. The average molecular weight is 374 g/mol. The number of rotatable bonds is 7. The van der Waals surface area contributed by atoms with Gasteiger partial charge in [0, 0.05) is 19.6 Å². The maximum absolute atomic E-state index is 12.0. The Morgan fingerprint density at radius 3 is 2.24 bits per heavy atom. The molecular formula is C11H23IN2O2S. The van der Waals surface area contributed by atoms with Crippen molar-refractivity contribution in [3.8, 4) is 0 Å². The monoisotopic (exact) mass is 374 g/mol. The van der Waals surface area contributed by atoms with Gasteiger partial charge in [0.15, 0.2) is 0 Å². The molecule has 102 valence electrons. The van der Waals surface area contributed by atoms with Crippen LogP contribution in [0.4, 0.5) is 0 Å². The van der Waals surface area contributed by atoms with Crippen molar-refractivity contribution >= 4 is 32.8 Å². The summed E-state index contributed by atoms with van der Waals surface area (Å²) in [6.07, 6.45) is 7.52. The van der Waals surface area contributed by atoms with Crippen molar-refractivity contribution < 1.29 is 8.42 Å². The van der Waals surface area contributed by atoms with Gasteiger partial charge in [-0.25, -0.2) is 4.72 Å². The van der Waals surface area contributed by atoms with Crippen molar-refractivity contribution in [2.24, 2.45) is 0 Å². The average Bonchev–Trinajstić information content (AvgIpc) is 2.57. The van der Waals surface area contributed by atoms with E-state index in [-0.39, 0.29) is 0 Å². The second-order valence-corrected chi connectivity index (χ2v) is 7.30. The lowest BCUT2D eigenvalue weighted by molar-refractivity contribution is 0.414. The molecule has 0 spiro atoms. The Kier molecular flexibility index (Phi) is 7.97. The van der Waals surface area contributed by atoms with E-state index >= 15 is 0 Å². The zero-order valence-corrected chi connectivity index (χ0v) is 13.3. The number of unbranched alkanes of at least 4 members (excludes halogenated alkanes) is 2. The molecule has 4 nitrogen and oxygen atoms in total. The van der Waals surface area contributed by atoms with Crippen LogP contribution in [-0.4, -0.2) is 36.8 Å². The fraction of sp³-hybridized carbons (Fsp3) is 1.00. The fourth-order valence-electron chi connectivity index (χ4n) is 1.97. The molecule has 0 amide bonds. The number of hydrogen-bond donors (Lipinski definition) is 1. The molecule has 1 saturated heterocycles. The second-order valence-electron chi connectivity index (χ2n) is 4.46. The van der Waals surface area contributed by atoms with Crippen LogP contribution in [0.2, 0.25) is 0 Å². The Morgan fingerprint density at radius 1 is 1.00 bits per heavy atom. The summed E-state index contributed by atoms with van der Waals surface area (Å²) < 4.78 is 29.4. The maximum atomic E-state index is 12.0. The molecule has 0 aromatic heterocycles. The van der Waals surface area contributed by atoms with E-state index in [0.29, 0.717) is 19.6 Å². The molecule has 0 aromatic carbocycles. The van der Waals surface area contributed by atoms with Crippen LogP contribution in [0.1, 0.15) is 44.9 Å². The van der Waals surface area contributed by atoms with Crippen molar-refractivity contribution in [2.75, 3.05) is 24.1 Å². The van der Waals surface area contributed by atoms with E-state index in [4.69, 9.17) is 0 Å². The van der Waals surface area contributed by atoms with Crippen LogP contribution in [0, 0.1) is 0 Å². The molecule has 0 unspecified atom stereocenters. The summed E-state index contributed by atoms with van der Waals surface area (Å²) in [5.41, 5.74) is 0. The van der Waals surface area contributed by atoms with E-state index < -0.39 is 10.2 Å². The summed E-state index contributed by atoms with van der Waals surface area (Å²) in [7, 11) is -3.21. The second kappa shape index (κ2) is 8.66. The summed E-state index contributed by atoms with van der Waals surface area (Å²) in [6, 6.07) is 0. The quantitative estimate of drug-likeness (QED) is 0.422. The molecule has 1 rings (SSSR count). The van der Waals surface area contributed by atoms with Crippen LogP contribution in [0.3, 0.4) is 0 Å². The number of nitrogens with zero attached hydrogens (tertiary/aromatic N) is 1. The minimum Gasteiger partial charge on any atom is -0.202 e. The molecule has 0 aliphatic carbocycles. The third-order valence-corrected chi connectivity index (χ3v) is 5.38. The predicted octanol–water partition coefficient (Wildman–Crippen LogP) is 2.30. The van der Waals surface area contributed by atoms with Crippen molar-refractivity contribution in [3.63, 3.8) is 0 Å². The number of hydrogen-bond acceptors (Lipinski definition) is 2. The highest BCUT2D eigenvalue weighted by molar-refractivity contribution is 14.1. The van der Waals surface area contributed by atoms with Gasteiger partial charge < -0.3 is 0 Å². The third-order valence-electron chi connectivity index (χ3n) is 3.00. The molecule has 1 aliphatic rings. The van der Waals surface area contributed by atoms with E-state index in [1.807, 2.05) is 0 Å². The van der Waals surface area contributed by atoms with Gasteiger partial charge in [-0.3, -0.25) is 0 Å². The van der Waals surface area contributed by atoms with Crippen LogP contribution < -0.4 is 4.72 Å². The molecule has 0 radical (unpaired) electrons. The molecule has 0 saturated carbocycles. The number of nitrogens with one attached hydrogen (secondary N) is 1. The largest absolute Gasteiger partial charge is 0.279 e. The molecular weight excluding hydrogens is 351 g/mol. The SMILES string of the molecule is O=S(=O)(NCCCCCI)N1CCCCCC1. The summed E-state index contributed by atoms with van der Waals surface area (Å²) in [4.78, 5) is 0. The van der Waals surface area contributed by atoms with Gasteiger partial charge in [-0.2, -0.15) is 12.7 Å². The Hall–Kier alpha value is 0.600. The first-order valence-electron chi connectivity index (χ1n) is 6.47. The number of alkyl halides is 1. The first-order valence-corrected chi connectivity index (χ1v) is 9.44. The maximum Gasteiger partial charge on any atom is 0.279 e. The van der Waals surface area contributed by atoms with Gasteiger partial charge in [-0.1, -0.05) is 41.9 Å². The van der Waals surface area contributed by atoms with Gasteiger partial charge >= 0.3 is 0 Å². The minimum atomic E-state index is -3.21. The van der Waals surface area contributed by atoms with Crippen LogP contribution in [0.15, 0.2) is 0 Å². The minimum absolute atomic E-state index is 0.579. The van der Waals surface area contributed by atoms with Gasteiger partial charge in [0.2, 0.25) is 0 Å². The molecule has 0 bridgehead atoms. The normalized spacial score (nSPS) is 19.1. The predicted molar refractivity (Wildman–Crippen MR) is 79.7 cm³/mol. The van der Waals surface area contributed by atoms with Crippen molar-refractivity contribution in [1.29, 1.82) is 0 Å². The van der Waals surface area contributed by atoms with E-state index in [9.17, 15) is 8.42 Å². The van der Waals surface area contributed by atoms with Crippen LogP contribution in [0.25, 0.3) is 0 Å². The Bertz CT molecular complexity index is 288. The highest BCUT2D eigenvalue weighted by atomic mass is 127. The highest BCUT2D eigenvalue weighted by Crippen LogP contribution is 2.12. The Balaban J connectivity index is 2.28. The van der Waals surface area contributed by atoms with Gasteiger partial charge in [0.25, 0.3) is 10.2 Å². The van der Waals surface area contributed by atoms with Gasteiger partial charge in [-0.15, -0.1) is 0 Å². The zero-order valence-electron chi connectivity index (χ0n) is 10.3. The summed E-state index contributed by atoms with van der Waals surface area (Å²) in [5, 5.41) is 0. The van der Waals surface area contributed by atoms with Crippen molar-refractivity contribution in [1.82, 2.24) is 9.03 Å². The standard InChI is InChI=1S/C11H23IN2O2S/c12-8-4-3-5-9-13-17(15,16)14-10-6-1-2-7-11-14/h13H,1-11H2. The van der Waals surface area contributed by atoms with Gasteiger partial charge in [0.1, 0.15) is 0 Å². The van der Waals surface area contributed by atoms with E-state index in [1.165, 1.54) is 6.42 Å². The van der Waals surface area contributed by atoms with E-state index in [1.54, 1.807) is 4.31 Å². The Morgan fingerprint density at radius 2 is 1.65 bits per heavy atom. The topological polar surface area (TPSA) is 49.4 Å². The molecule has 1 N–H and O–H groups in total. The van der Waals surface area contributed by atoms with Gasteiger partial charge in [0.05, 0.1) is 0 Å². The van der Waals surface area contributed by atoms with E-state index in [2.05, 4.69) is 27.3 Å². The lowest BCUT2D eigenvalue weighted by atomic mass is 10.2. The summed E-state index contributed by atoms with van der Waals surface area (Å²) in [5.74, 6) is 0. The third kappa shape index (κ3) is 6.35. The van der Waals surface area contributed by atoms with Crippen molar-refractivity contribution in [2.45, 2.75) is 44.9 Å². The lowest BCUT2D eigenvalue weighted by Crippen LogP contribution is -2.41. The van der Waals surface area contributed by atoms with E-state index in [0.717, 1.165) is 43.0 Å². The molecule has 6 heteroatoms. The Labute approximate surface area is 119 Å². The van der Waals surface area contributed by atoms with Crippen LogP contribution >= 0.6 is 22.6 Å². The first-order chi connectivity index (χ1) is 8.17. The van der Waals surface area contributed by atoms with Crippen LogP contribution in [0.5, 0.6) is 0 Å². The zero-order chi connectivity index (χ0) is 12.6.